The summed E-state index contributed by atoms with van der Waals surface area (Å²) in [5.74, 6) is 0.384. The first kappa shape index (κ1) is 16.5. The maximum absolute atomic E-state index is 12.4. The van der Waals surface area contributed by atoms with Gasteiger partial charge in [-0.05, 0) is 43.3 Å². The van der Waals surface area contributed by atoms with Crippen molar-refractivity contribution in [3.05, 3.63) is 52.3 Å². The molecule has 128 valence electrons. The van der Waals surface area contributed by atoms with Gasteiger partial charge in [-0.3, -0.25) is 4.79 Å². The molecule has 2 aromatic carbocycles. The topological polar surface area (TPSA) is 102 Å². The Kier molecular flexibility index (Phi) is 4.38. The molecule has 0 saturated heterocycles. The van der Waals surface area contributed by atoms with Crippen molar-refractivity contribution < 1.29 is 19.4 Å². The molecule has 0 unspecified atom stereocenters. The molecule has 3 rings (SSSR count). The van der Waals surface area contributed by atoms with Gasteiger partial charge in [0.15, 0.2) is 0 Å². The monoisotopic (exact) mass is 340 g/mol. The van der Waals surface area contributed by atoms with Gasteiger partial charge in [-0.15, -0.1) is 0 Å². The fraction of sp³-hybridized carbons (Fsp3) is 0.167. The van der Waals surface area contributed by atoms with Gasteiger partial charge in [0.2, 0.25) is 0 Å². The third-order valence-electron chi connectivity index (χ3n) is 3.69. The Labute approximate surface area is 142 Å². The van der Waals surface area contributed by atoms with Crippen LogP contribution in [0.2, 0.25) is 0 Å². The molecule has 0 spiro atoms. The molecule has 0 aliphatic rings. The highest BCUT2D eigenvalue weighted by Crippen LogP contribution is 2.31. The van der Waals surface area contributed by atoms with Crippen LogP contribution in [0.25, 0.3) is 22.3 Å². The Morgan fingerprint density at radius 1 is 1.24 bits per heavy atom. The van der Waals surface area contributed by atoms with Gasteiger partial charge in [0, 0.05) is 0 Å². The van der Waals surface area contributed by atoms with Crippen molar-refractivity contribution in [1.29, 1.82) is 0 Å². The first-order valence-electron chi connectivity index (χ1n) is 7.62. The lowest BCUT2D eigenvalue weighted by molar-refractivity contribution is 0.0697. The van der Waals surface area contributed by atoms with Crippen LogP contribution in [0.3, 0.4) is 0 Å². The van der Waals surface area contributed by atoms with Gasteiger partial charge in [-0.25, -0.2) is 9.78 Å². The molecule has 1 aromatic heterocycles. The number of benzene rings is 2. The average Bonchev–Trinajstić information content (AvgIpc) is 2.61. The van der Waals surface area contributed by atoms with Crippen LogP contribution < -0.4 is 15.0 Å². The average molecular weight is 340 g/mol. The summed E-state index contributed by atoms with van der Waals surface area (Å²) in [6.07, 6.45) is 0. The minimum atomic E-state index is -1.10. The molecule has 7 nitrogen and oxygen atoms in total. The Bertz CT molecular complexity index is 1010. The molecule has 0 atom stereocenters. The van der Waals surface area contributed by atoms with Crippen molar-refractivity contribution in [2.24, 2.45) is 0 Å². The fourth-order valence-corrected chi connectivity index (χ4v) is 2.50. The number of rotatable bonds is 5. The van der Waals surface area contributed by atoms with E-state index in [9.17, 15) is 9.59 Å². The number of ether oxygens (including phenoxy) is 2. The summed E-state index contributed by atoms with van der Waals surface area (Å²) in [6, 6.07) is 9.46. The molecule has 0 bridgehead atoms. The second-order valence-electron chi connectivity index (χ2n) is 5.25. The van der Waals surface area contributed by atoms with Crippen LogP contribution in [0.4, 0.5) is 0 Å². The van der Waals surface area contributed by atoms with Crippen LogP contribution in [-0.4, -0.2) is 34.8 Å². The molecule has 0 aliphatic carbocycles. The number of carboxylic acid groups (broad SMARTS) is 1. The van der Waals surface area contributed by atoms with E-state index in [4.69, 9.17) is 14.6 Å². The first-order chi connectivity index (χ1) is 12.0. The number of nitrogens with one attached hydrogen (secondary N) is 1. The zero-order valence-corrected chi connectivity index (χ0v) is 13.7. The number of fused-ring (bicyclic) bond motifs is 1. The Morgan fingerprint density at radius 3 is 2.72 bits per heavy atom. The number of carbonyl (C=O) groups is 1. The molecule has 1 heterocycles. The number of hydrogen-bond acceptors (Lipinski definition) is 5. The lowest BCUT2D eigenvalue weighted by Gasteiger charge is -2.12. The van der Waals surface area contributed by atoms with Crippen molar-refractivity contribution in [3.8, 4) is 22.9 Å². The summed E-state index contributed by atoms with van der Waals surface area (Å²) in [4.78, 5) is 30.6. The first-order valence-corrected chi connectivity index (χ1v) is 7.62. The highest BCUT2D eigenvalue weighted by atomic mass is 16.5. The quantitative estimate of drug-likeness (QED) is 0.740. The number of hydrogen-bond donors (Lipinski definition) is 2. The van der Waals surface area contributed by atoms with E-state index < -0.39 is 11.5 Å². The van der Waals surface area contributed by atoms with Gasteiger partial charge in [0.25, 0.3) is 5.56 Å². The van der Waals surface area contributed by atoms with Crippen LogP contribution in [0.15, 0.2) is 41.2 Å². The van der Waals surface area contributed by atoms with E-state index in [1.54, 1.807) is 25.3 Å². The van der Waals surface area contributed by atoms with Crippen LogP contribution in [-0.2, 0) is 0 Å². The second kappa shape index (κ2) is 6.64. The van der Waals surface area contributed by atoms with E-state index >= 15 is 0 Å². The molecule has 0 amide bonds. The fourth-order valence-electron chi connectivity index (χ4n) is 2.50. The van der Waals surface area contributed by atoms with Gasteiger partial charge in [0.05, 0.1) is 35.7 Å². The SMILES string of the molecule is CCOc1ccc(OC)cc1-c1nc2ccc(C(=O)O)cc2c(=O)[nH]1. The maximum atomic E-state index is 12.4. The number of aromatic amines is 1. The largest absolute Gasteiger partial charge is 0.497 e. The lowest BCUT2D eigenvalue weighted by Crippen LogP contribution is -2.11. The van der Waals surface area contributed by atoms with Gasteiger partial charge in [-0.2, -0.15) is 0 Å². The van der Waals surface area contributed by atoms with Gasteiger partial charge >= 0.3 is 5.97 Å². The summed E-state index contributed by atoms with van der Waals surface area (Å²) < 4.78 is 10.8. The van der Waals surface area contributed by atoms with E-state index in [0.717, 1.165) is 0 Å². The number of carboxylic acids is 1. The summed E-state index contributed by atoms with van der Waals surface area (Å²) >= 11 is 0. The summed E-state index contributed by atoms with van der Waals surface area (Å²) in [5.41, 5.74) is 0.592. The zero-order chi connectivity index (χ0) is 18.0. The molecule has 0 fully saturated rings. The zero-order valence-electron chi connectivity index (χ0n) is 13.7. The Balaban J connectivity index is 2.21. The molecular weight excluding hydrogens is 324 g/mol. The Hall–Kier alpha value is -3.35. The van der Waals surface area contributed by atoms with Crippen LogP contribution in [0.5, 0.6) is 11.5 Å². The molecule has 7 heteroatoms. The predicted molar refractivity (Wildman–Crippen MR) is 92.5 cm³/mol. The summed E-state index contributed by atoms with van der Waals surface area (Å²) in [6.45, 7) is 2.32. The smallest absolute Gasteiger partial charge is 0.335 e. The van der Waals surface area contributed by atoms with Gasteiger partial charge < -0.3 is 19.6 Å². The minimum Gasteiger partial charge on any atom is -0.497 e. The number of nitrogens with zero attached hydrogens (tertiary/aromatic N) is 1. The van der Waals surface area contributed by atoms with E-state index in [1.165, 1.54) is 18.2 Å². The third kappa shape index (κ3) is 3.16. The molecule has 0 saturated carbocycles. The van der Waals surface area contributed by atoms with Crippen molar-refractivity contribution in [2.45, 2.75) is 6.92 Å². The minimum absolute atomic E-state index is 0.0314. The van der Waals surface area contributed by atoms with Crippen molar-refractivity contribution in [1.82, 2.24) is 9.97 Å². The molecule has 3 aromatic rings. The number of aromatic nitrogens is 2. The highest BCUT2D eigenvalue weighted by molar-refractivity contribution is 5.93. The van der Waals surface area contributed by atoms with Crippen molar-refractivity contribution in [2.75, 3.05) is 13.7 Å². The van der Waals surface area contributed by atoms with E-state index in [1.807, 2.05) is 6.92 Å². The van der Waals surface area contributed by atoms with Crippen molar-refractivity contribution in [3.63, 3.8) is 0 Å². The standard InChI is InChI=1S/C18H16N2O5/c1-3-25-15-7-5-11(24-2)9-13(15)16-19-14-6-4-10(18(22)23)8-12(14)17(21)20-16/h4-9H,3H2,1-2H3,(H,22,23)(H,19,20,21). The summed E-state index contributed by atoms with van der Waals surface area (Å²) in [7, 11) is 1.55. The highest BCUT2D eigenvalue weighted by Gasteiger charge is 2.14. The lowest BCUT2D eigenvalue weighted by atomic mass is 10.1. The third-order valence-corrected chi connectivity index (χ3v) is 3.69. The van der Waals surface area contributed by atoms with Gasteiger partial charge in [-0.1, -0.05) is 0 Å². The van der Waals surface area contributed by atoms with Crippen LogP contribution >= 0.6 is 0 Å². The second-order valence-corrected chi connectivity index (χ2v) is 5.25. The number of aromatic carboxylic acids is 1. The van der Waals surface area contributed by atoms with Crippen LogP contribution in [0.1, 0.15) is 17.3 Å². The Morgan fingerprint density at radius 2 is 2.04 bits per heavy atom. The molecule has 25 heavy (non-hydrogen) atoms. The summed E-state index contributed by atoms with van der Waals surface area (Å²) in [5, 5.41) is 9.27. The maximum Gasteiger partial charge on any atom is 0.335 e. The molecule has 0 radical (unpaired) electrons. The van der Waals surface area contributed by atoms with E-state index in [2.05, 4.69) is 9.97 Å². The van der Waals surface area contributed by atoms with E-state index in [0.29, 0.717) is 35.0 Å². The van der Waals surface area contributed by atoms with E-state index in [-0.39, 0.29) is 10.9 Å². The number of H-pyrrole nitrogens is 1. The van der Waals surface area contributed by atoms with Crippen LogP contribution in [0, 0.1) is 0 Å². The molecule has 2 N–H and O–H groups in total. The normalized spacial score (nSPS) is 10.6. The van der Waals surface area contributed by atoms with Gasteiger partial charge in [0.1, 0.15) is 17.3 Å². The van der Waals surface area contributed by atoms with Crippen molar-refractivity contribution >= 4 is 16.9 Å². The molecular formula is C18H16N2O5. The number of methoxy groups -OCH3 is 1. The molecule has 0 aliphatic heterocycles. The predicted octanol–water partition coefficient (Wildman–Crippen LogP) is 2.70.